The maximum absolute atomic E-state index is 13.2. The van der Waals surface area contributed by atoms with Gasteiger partial charge in [0.25, 0.3) is 0 Å². The largest absolute Gasteiger partial charge is 0.478 e. The van der Waals surface area contributed by atoms with E-state index in [2.05, 4.69) is 4.98 Å². The number of carboxylic acid groups (broad SMARTS) is 1. The monoisotopic (exact) mass is 209 g/mol. The number of carboxylic acids is 1. The molecule has 15 heavy (non-hydrogen) atoms. The molecular weight excluding hydrogens is 204 g/mol. The Hall–Kier alpha value is -2.04. The van der Waals surface area contributed by atoms with Crippen molar-refractivity contribution in [3.8, 4) is 0 Å². The molecule has 0 saturated carbocycles. The summed E-state index contributed by atoms with van der Waals surface area (Å²) in [6.45, 7) is 0. The van der Waals surface area contributed by atoms with E-state index in [1.54, 1.807) is 0 Å². The Balaban J connectivity index is 2.76. The van der Waals surface area contributed by atoms with E-state index in [-0.39, 0.29) is 16.5 Å². The number of aromatic carboxylic acids is 1. The first-order valence-electron chi connectivity index (χ1n) is 4.06. The van der Waals surface area contributed by atoms with Gasteiger partial charge in [0.05, 0.1) is 11.1 Å². The number of nitrogens with zero attached hydrogens (tertiary/aromatic N) is 1. The highest BCUT2D eigenvalue weighted by molar-refractivity contribution is 5.92. The molecule has 0 radical (unpaired) electrons. The highest BCUT2D eigenvalue weighted by atomic mass is 19.1. The summed E-state index contributed by atoms with van der Waals surface area (Å²) in [5.41, 5.74) is -0.0366. The number of pyridine rings is 1. The first kappa shape index (κ1) is 9.51. The lowest BCUT2D eigenvalue weighted by molar-refractivity contribution is 0.0696. The van der Waals surface area contributed by atoms with Crippen LogP contribution in [0.2, 0.25) is 0 Å². The normalized spacial score (nSPS) is 10.5. The van der Waals surface area contributed by atoms with E-state index in [1.807, 2.05) is 0 Å². The quantitative estimate of drug-likeness (QED) is 0.783. The van der Waals surface area contributed by atoms with Crippen molar-refractivity contribution in [1.29, 1.82) is 0 Å². The fraction of sp³-hybridized carbons (Fsp3) is 0. The number of hydrogen-bond acceptors (Lipinski definition) is 2. The van der Waals surface area contributed by atoms with Crippen LogP contribution in [-0.2, 0) is 0 Å². The van der Waals surface area contributed by atoms with Crippen LogP contribution in [0.25, 0.3) is 10.9 Å². The average Bonchev–Trinajstić information content (AvgIpc) is 2.16. The van der Waals surface area contributed by atoms with Gasteiger partial charge in [0.15, 0.2) is 0 Å². The van der Waals surface area contributed by atoms with E-state index in [0.717, 1.165) is 18.3 Å². The predicted molar refractivity (Wildman–Crippen MR) is 48.6 cm³/mol. The van der Waals surface area contributed by atoms with Gasteiger partial charge in [-0.25, -0.2) is 13.6 Å². The van der Waals surface area contributed by atoms with E-state index in [4.69, 9.17) is 5.11 Å². The van der Waals surface area contributed by atoms with Crippen LogP contribution in [0.1, 0.15) is 10.4 Å². The third-order valence-corrected chi connectivity index (χ3v) is 1.96. The molecule has 0 amide bonds. The van der Waals surface area contributed by atoms with Crippen molar-refractivity contribution in [3.63, 3.8) is 0 Å². The molecule has 0 aliphatic carbocycles. The molecule has 1 aromatic carbocycles. The summed E-state index contributed by atoms with van der Waals surface area (Å²) in [5.74, 6) is -2.76. The Morgan fingerprint density at radius 3 is 2.67 bits per heavy atom. The highest BCUT2D eigenvalue weighted by Gasteiger charge is 2.09. The smallest absolute Gasteiger partial charge is 0.337 e. The standard InChI is InChI=1S/C10H5F2NO2/c11-6-2-8(12)7-1-5(10(14)15)4-13-9(7)3-6/h1-4H,(H,14,15). The van der Waals surface area contributed by atoms with Gasteiger partial charge in [0.1, 0.15) is 11.6 Å². The molecule has 0 spiro atoms. The van der Waals surface area contributed by atoms with Crippen LogP contribution in [0.15, 0.2) is 24.4 Å². The minimum atomic E-state index is -1.20. The van der Waals surface area contributed by atoms with Crippen LogP contribution in [-0.4, -0.2) is 16.1 Å². The van der Waals surface area contributed by atoms with Crippen molar-refractivity contribution >= 4 is 16.9 Å². The summed E-state index contributed by atoms with van der Waals surface area (Å²) in [6, 6.07) is 2.86. The summed E-state index contributed by atoms with van der Waals surface area (Å²) >= 11 is 0. The first-order chi connectivity index (χ1) is 7.08. The van der Waals surface area contributed by atoms with Gasteiger partial charge in [0.2, 0.25) is 0 Å². The van der Waals surface area contributed by atoms with E-state index < -0.39 is 17.6 Å². The van der Waals surface area contributed by atoms with Gasteiger partial charge in [-0.3, -0.25) is 4.98 Å². The summed E-state index contributed by atoms with van der Waals surface area (Å²) in [5, 5.41) is 8.65. The number of halogens is 2. The van der Waals surface area contributed by atoms with Gasteiger partial charge < -0.3 is 5.11 Å². The topological polar surface area (TPSA) is 50.2 Å². The van der Waals surface area contributed by atoms with Crippen molar-refractivity contribution in [2.75, 3.05) is 0 Å². The van der Waals surface area contributed by atoms with E-state index >= 15 is 0 Å². The molecule has 2 rings (SSSR count). The zero-order chi connectivity index (χ0) is 11.0. The highest BCUT2D eigenvalue weighted by Crippen LogP contribution is 2.18. The van der Waals surface area contributed by atoms with Crippen LogP contribution < -0.4 is 0 Å². The third kappa shape index (κ3) is 1.63. The molecule has 5 heteroatoms. The number of benzene rings is 1. The Kier molecular flexibility index (Phi) is 2.07. The number of rotatable bonds is 1. The molecule has 76 valence electrons. The van der Waals surface area contributed by atoms with Crippen LogP contribution in [0.4, 0.5) is 8.78 Å². The second kappa shape index (κ2) is 3.27. The van der Waals surface area contributed by atoms with E-state index in [0.29, 0.717) is 6.07 Å². The molecule has 0 fully saturated rings. The van der Waals surface area contributed by atoms with Crippen molar-refractivity contribution in [3.05, 3.63) is 41.6 Å². The maximum Gasteiger partial charge on any atom is 0.337 e. The van der Waals surface area contributed by atoms with Gasteiger partial charge in [-0.1, -0.05) is 0 Å². The fourth-order valence-electron chi connectivity index (χ4n) is 1.27. The lowest BCUT2D eigenvalue weighted by Gasteiger charge is -2.00. The summed E-state index contributed by atoms with van der Waals surface area (Å²) < 4.78 is 26.0. The van der Waals surface area contributed by atoms with Crippen molar-refractivity contribution in [2.24, 2.45) is 0 Å². The zero-order valence-electron chi connectivity index (χ0n) is 7.37. The first-order valence-corrected chi connectivity index (χ1v) is 4.06. The Labute approximate surface area is 83.0 Å². The molecule has 0 aliphatic heterocycles. The minimum Gasteiger partial charge on any atom is -0.478 e. The van der Waals surface area contributed by atoms with Crippen molar-refractivity contribution < 1.29 is 18.7 Å². The SMILES string of the molecule is O=C(O)c1cnc2cc(F)cc(F)c2c1. The second-order valence-electron chi connectivity index (χ2n) is 2.98. The molecule has 1 heterocycles. The van der Waals surface area contributed by atoms with Crippen LogP contribution in [0.3, 0.4) is 0 Å². The molecule has 0 saturated heterocycles. The third-order valence-electron chi connectivity index (χ3n) is 1.96. The van der Waals surface area contributed by atoms with Gasteiger partial charge in [-0.15, -0.1) is 0 Å². The molecule has 1 aromatic heterocycles. The molecule has 0 atom stereocenters. The van der Waals surface area contributed by atoms with Gasteiger partial charge in [-0.2, -0.15) is 0 Å². The van der Waals surface area contributed by atoms with Gasteiger partial charge in [0, 0.05) is 23.7 Å². The molecule has 2 aromatic rings. The molecule has 0 unspecified atom stereocenters. The second-order valence-corrected chi connectivity index (χ2v) is 2.98. The van der Waals surface area contributed by atoms with Crippen LogP contribution in [0.5, 0.6) is 0 Å². The zero-order valence-corrected chi connectivity index (χ0v) is 7.37. The number of hydrogen-bond donors (Lipinski definition) is 1. The average molecular weight is 209 g/mol. The number of fused-ring (bicyclic) bond motifs is 1. The summed E-state index contributed by atoms with van der Waals surface area (Å²) in [4.78, 5) is 14.2. The lowest BCUT2D eigenvalue weighted by Crippen LogP contribution is -1.98. The summed E-state index contributed by atoms with van der Waals surface area (Å²) in [6.07, 6.45) is 1.06. The minimum absolute atomic E-state index is 0.00343. The molecule has 0 bridgehead atoms. The van der Waals surface area contributed by atoms with Gasteiger partial charge >= 0.3 is 5.97 Å². The maximum atomic E-state index is 13.2. The van der Waals surface area contributed by atoms with Crippen LogP contribution >= 0.6 is 0 Å². The Bertz CT molecular complexity index is 554. The molecule has 0 aliphatic rings. The predicted octanol–water partition coefficient (Wildman–Crippen LogP) is 2.21. The Morgan fingerprint density at radius 2 is 2.00 bits per heavy atom. The Morgan fingerprint density at radius 1 is 1.27 bits per heavy atom. The number of carbonyl (C=O) groups is 1. The number of aromatic nitrogens is 1. The molecule has 3 nitrogen and oxygen atoms in total. The van der Waals surface area contributed by atoms with E-state index in [1.165, 1.54) is 0 Å². The molecular formula is C10H5F2NO2. The van der Waals surface area contributed by atoms with Gasteiger partial charge in [-0.05, 0) is 6.07 Å². The van der Waals surface area contributed by atoms with E-state index in [9.17, 15) is 13.6 Å². The fourth-order valence-corrected chi connectivity index (χ4v) is 1.27. The van der Waals surface area contributed by atoms with Crippen molar-refractivity contribution in [1.82, 2.24) is 4.98 Å². The molecule has 1 N–H and O–H groups in total. The lowest BCUT2D eigenvalue weighted by atomic mass is 10.1. The summed E-state index contributed by atoms with van der Waals surface area (Å²) in [7, 11) is 0. The van der Waals surface area contributed by atoms with Crippen molar-refractivity contribution in [2.45, 2.75) is 0 Å². The van der Waals surface area contributed by atoms with Crippen LogP contribution in [0, 0.1) is 11.6 Å².